The number of amides is 1. The molecular weight excluding hydrogens is 278 g/mol. The van der Waals surface area contributed by atoms with Crippen molar-refractivity contribution in [2.45, 2.75) is 53.1 Å². The maximum atomic E-state index is 12.1. The lowest BCUT2D eigenvalue weighted by Gasteiger charge is -2.27. The van der Waals surface area contributed by atoms with Crippen molar-refractivity contribution < 1.29 is 14.6 Å². The summed E-state index contributed by atoms with van der Waals surface area (Å²) in [6, 6.07) is 6.43. The van der Waals surface area contributed by atoms with Gasteiger partial charge in [-0.2, -0.15) is 0 Å². The number of hydrogen-bond donors (Lipinski definition) is 1. The Balaban J connectivity index is 2.57. The summed E-state index contributed by atoms with van der Waals surface area (Å²) in [5.41, 5.74) is 3.32. The fraction of sp³-hybridized carbons (Fsp3) is 0.611. The average Bonchev–Trinajstić information content (AvgIpc) is 2.39. The van der Waals surface area contributed by atoms with E-state index in [-0.39, 0.29) is 12.7 Å². The van der Waals surface area contributed by atoms with E-state index in [1.165, 1.54) is 16.7 Å². The zero-order valence-electron chi connectivity index (χ0n) is 14.5. The number of benzene rings is 1. The van der Waals surface area contributed by atoms with Gasteiger partial charge in [-0.1, -0.05) is 23.8 Å². The van der Waals surface area contributed by atoms with E-state index in [1.54, 1.807) is 4.90 Å². The van der Waals surface area contributed by atoms with Gasteiger partial charge in [0.15, 0.2) is 0 Å². The first-order chi connectivity index (χ1) is 10.2. The van der Waals surface area contributed by atoms with Crippen LogP contribution in [-0.2, 0) is 11.2 Å². The number of carbonyl (C=O) groups is 1. The SMILES string of the molecule is Cc1ccc(C)c(CCCN(CCO)C(=O)OC(C)(C)C)c1. The van der Waals surface area contributed by atoms with Crippen LogP contribution in [0.15, 0.2) is 18.2 Å². The van der Waals surface area contributed by atoms with Crippen LogP contribution in [0.1, 0.15) is 43.9 Å². The first-order valence-electron chi connectivity index (χ1n) is 7.88. The van der Waals surface area contributed by atoms with Gasteiger partial charge in [-0.15, -0.1) is 0 Å². The van der Waals surface area contributed by atoms with Gasteiger partial charge in [-0.3, -0.25) is 0 Å². The van der Waals surface area contributed by atoms with Gasteiger partial charge in [0.25, 0.3) is 0 Å². The predicted molar refractivity (Wildman–Crippen MR) is 89.1 cm³/mol. The number of aliphatic hydroxyl groups excluding tert-OH is 1. The Hall–Kier alpha value is -1.55. The number of aliphatic hydroxyl groups is 1. The fourth-order valence-corrected chi connectivity index (χ4v) is 2.27. The Morgan fingerprint density at radius 1 is 1.23 bits per heavy atom. The first kappa shape index (κ1) is 18.5. The lowest BCUT2D eigenvalue weighted by molar-refractivity contribution is 0.0217. The molecule has 0 aromatic heterocycles. The molecule has 124 valence electrons. The number of carbonyl (C=O) groups excluding carboxylic acids is 1. The molecule has 1 rings (SSSR count). The second kappa shape index (κ2) is 8.18. The molecule has 0 fully saturated rings. The molecule has 1 aromatic rings. The number of hydrogen-bond acceptors (Lipinski definition) is 3. The normalized spacial score (nSPS) is 11.4. The Labute approximate surface area is 134 Å². The van der Waals surface area contributed by atoms with Gasteiger partial charge in [0.1, 0.15) is 5.60 Å². The van der Waals surface area contributed by atoms with Crippen LogP contribution in [0.25, 0.3) is 0 Å². The van der Waals surface area contributed by atoms with Crippen molar-refractivity contribution in [1.82, 2.24) is 4.90 Å². The highest BCUT2D eigenvalue weighted by molar-refractivity contribution is 5.68. The molecule has 0 heterocycles. The third kappa shape index (κ3) is 6.48. The molecule has 0 radical (unpaired) electrons. The quantitative estimate of drug-likeness (QED) is 0.875. The third-order valence-corrected chi connectivity index (χ3v) is 3.40. The molecule has 0 spiro atoms. The minimum absolute atomic E-state index is 0.0529. The van der Waals surface area contributed by atoms with E-state index in [1.807, 2.05) is 20.8 Å². The monoisotopic (exact) mass is 307 g/mol. The van der Waals surface area contributed by atoms with E-state index < -0.39 is 5.60 Å². The van der Waals surface area contributed by atoms with Crippen molar-refractivity contribution >= 4 is 6.09 Å². The van der Waals surface area contributed by atoms with Crippen LogP contribution in [0.4, 0.5) is 4.79 Å². The van der Waals surface area contributed by atoms with E-state index in [9.17, 15) is 4.79 Å². The van der Waals surface area contributed by atoms with Crippen molar-refractivity contribution in [3.05, 3.63) is 34.9 Å². The van der Waals surface area contributed by atoms with Crippen LogP contribution in [0.5, 0.6) is 0 Å². The van der Waals surface area contributed by atoms with Crippen LogP contribution in [0.2, 0.25) is 0 Å². The maximum absolute atomic E-state index is 12.1. The molecule has 4 nitrogen and oxygen atoms in total. The Morgan fingerprint density at radius 2 is 1.91 bits per heavy atom. The smallest absolute Gasteiger partial charge is 0.410 e. The van der Waals surface area contributed by atoms with Crippen LogP contribution in [0, 0.1) is 13.8 Å². The molecule has 1 N–H and O–H groups in total. The molecule has 0 aliphatic rings. The van der Waals surface area contributed by atoms with E-state index in [0.29, 0.717) is 13.1 Å². The number of ether oxygens (including phenoxy) is 1. The number of rotatable bonds is 6. The van der Waals surface area contributed by atoms with Crippen LogP contribution in [-0.4, -0.2) is 41.4 Å². The molecular formula is C18H29NO3. The van der Waals surface area contributed by atoms with Crippen molar-refractivity contribution in [3.63, 3.8) is 0 Å². The van der Waals surface area contributed by atoms with Crippen LogP contribution < -0.4 is 0 Å². The zero-order valence-corrected chi connectivity index (χ0v) is 14.5. The summed E-state index contributed by atoms with van der Waals surface area (Å²) in [6.45, 7) is 10.6. The molecule has 0 atom stereocenters. The second-order valence-electron chi connectivity index (χ2n) is 6.72. The maximum Gasteiger partial charge on any atom is 0.410 e. The third-order valence-electron chi connectivity index (χ3n) is 3.40. The highest BCUT2D eigenvalue weighted by Crippen LogP contribution is 2.14. The van der Waals surface area contributed by atoms with Gasteiger partial charge in [-0.25, -0.2) is 4.79 Å². The molecule has 0 aliphatic heterocycles. The van der Waals surface area contributed by atoms with Gasteiger partial charge in [0, 0.05) is 13.1 Å². The van der Waals surface area contributed by atoms with Gasteiger partial charge >= 0.3 is 6.09 Å². The largest absolute Gasteiger partial charge is 0.444 e. The minimum atomic E-state index is -0.516. The highest BCUT2D eigenvalue weighted by atomic mass is 16.6. The van der Waals surface area contributed by atoms with Gasteiger partial charge in [0.2, 0.25) is 0 Å². The van der Waals surface area contributed by atoms with Crippen LogP contribution in [0.3, 0.4) is 0 Å². The van der Waals surface area contributed by atoms with E-state index in [2.05, 4.69) is 32.0 Å². The van der Waals surface area contributed by atoms with Crippen LogP contribution >= 0.6 is 0 Å². The molecule has 22 heavy (non-hydrogen) atoms. The first-order valence-corrected chi connectivity index (χ1v) is 7.88. The Kier molecular flexibility index (Phi) is 6.88. The Bertz CT molecular complexity index is 492. The second-order valence-corrected chi connectivity index (χ2v) is 6.72. The van der Waals surface area contributed by atoms with Crippen molar-refractivity contribution in [3.8, 4) is 0 Å². The standard InChI is InChI=1S/C18H29NO3/c1-14-8-9-15(2)16(13-14)7-6-10-19(11-12-20)17(21)22-18(3,4)5/h8-9,13,20H,6-7,10-12H2,1-5H3. The van der Waals surface area contributed by atoms with Crippen molar-refractivity contribution in [2.24, 2.45) is 0 Å². The molecule has 1 aromatic carbocycles. The molecule has 0 unspecified atom stereocenters. The average molecular weight is 307 g/mol. The van der Waals surface area contributed by atoms with Gasteiger partial charge in [0.05, 0.1) is 6.61 Å². The summed E-state index contributed by atoms with van der Waals surface area (Å²) < 4.78 is 5.37. The summed E-state index contributed by atoms with van der Waals surface area (Å²) in [4.78, 5) is 13.7. The summed E-state index contributed by atoms with van der Waals surface area (Å²) in [6.07, 6.45) is 1.41. The zero-order chi connectivity index (χ0) is 16.8. The Morgan fingerprint density at radius 3 is 2.50 bits per heavy atom. The molecule has 0 bridgehead atoms. The molecule has 4 heteroatoms. The lowest BCUT2D eigenvalue weighted by atomic mass is 10.0. The number of nitrogens with zero attached hydrogens (tertiary/aromatic N) is 1. The molecule has 1 amide bonds. The predicted octanol–water partition coefficient (Wildman–Crippen LogP) is 3.47. The summed E-state index contributed by atoms with van der Waals surface area (Å²) in [5.74, 6) is 0. The van der Waals surface area contributed by atoms with Crippen molar-refractivity contribution in [1.29, 1.82) is 0 Å². The summed E-state index contributed by atoms with van der Waals surface area (Å²) in [5, 5.41) is 9.13. The topological polar surface area (TPSA) is 49.8 Å². The molecule has 0 saturated carbocycles. The van der Waals surface area contributed by atoms with Gasteiger partial charge in [-0.05, 0) is 58.6 Å². The summed E-state index contributed by atoms with van der Waals surface area (Å²) in [7, 11) is 0. The fourth-order valence-electron chi connectivity index (χ4n) is 2.27. The van der Waals surface area contributed by atoms with Crippen molar-refractivity contribution in [2.75, 3.05) is 19.7 Å². The lowest BCUT2D eigenvalue weighted by Crippen LogP contribution is -2.39. The molecule has 0 saturated heterocycles. The summed E-state index contributed by atoms with van der Waals surface area (Å²) >= 11 is 0. The van der Waals surface area contributed by atoms with Gasteiger partial charge < -0.3 is 14.7 Å². The van der Waals surface area contributed by atoms with E-state index >= 15 is 0 Å². The molecule has 0 aliphatic carbocycles. The minimum Gasteiger partial charge on any atom is -0.444 e. The van der Waals surface area contributed by atoms with E-state index in [0.717, 1.165) is 12.8 Å². The van der Waals surface area contributed by atoms with E-state index in [4.69, 9.17) is 9.84 Å². The number of aryl methyl sites for hydroxylation is 3. The highest BCUT2D eigenvalue weighted by Gasteiger charge is 2.21.